The highest BCUT2D eigenvalue weighted by molar-refractivity contribution is 5.87. The molecule has 0 saturated heterocycles. The molecular weight excluding hydrogens is 140 g/mol. The molecule has 0 aromatic rings. The predicted molar refractivity (Wildman–Crippen MR) is 43.2 cm³/mol. The molecule has 0 spiro atoms. The Bertz CT molecular complexity index is 172. The van der Waals surface area contributed by atoms with Crippen molar-refractivity contribution in [3.05, 3.63) is 0 Å². The first-order valence-electron chi connectivity index (χ1n) is 4.17. The van der Waals surface area contributed by atoms with Crippen LogP contribution in [0.25, 0.3) is 0 Å². The lowest BCUT2D eigenvalue weighted by molar-refractivity contribution is -0.139. The van der Waals surface area contributed by atoms with Gasteiger partial charge in [-0.3, -0.25) is 4.79 Å². The Hall–Kier alpha value is -0.370. The van der Waals surface area contributed by atoms with Gasteiger partial charge in [-0.05, 0) is 12.8 Å². The first-order valence-corrected chi connectivity index (χ1v) is 4.17. The normalized spacial score (nSPS) is 37.3. The van der Waals surface area contributed by atoms with Crippen molar-refractivity contribution >= 4 is 5.78 Å². The third kappa shape index (κ3) is 1.45. The first kappa shape index (κ1) is 8.72. The average molecular weight is 156 g/mol. The highest BCUT2D eigenvalue weighted by Crippen LogP contribution is 2.35. The zero-order chi connectivity index (χ0) is 8.65. The minimum Gasteiger partial charge on any atom is -0.392 e. The zero-order valence-electron chi connectivity index (χ0n) is 7.42. The molecule has 1 N–H and O–H groups in total. The van der Waals surface area contributed by atoms with Gasteiger partial charge in [0.05, 0.1) is 6.10 Å². The highest BCUT2D eigenvalue weighted by atomic mass is 16.3. The number of ketones is 1. The van der Waals surface area contributed by atoms with Gasteiger partial charge in [-0.25, -0.2) is 0 Å². The Morgan fingerprint density at radius 3 is 2.55 bits per heavy atom. The summed E-state index contributed by atoms with van der Waals surface area (Å²) in [4.78, 5) is 11.5. The molecule has 2 atom stereocenters. The summed E-state index contributed by atoms with van der Waals surface area (Å²) >= 11 is 0. The molecule has 0 aromatic carbocycles. The summed E-state index contributed by atoms with van der Waals surface area (Å²) < 4.78 is 0. The second-order valence-corrected chi connectivity index (χ2v) is 4.14. The number of Topliss-reactive ketones (excluding diaryl/α,β-unsaturated/α-hetero) is 1. The number of hydrogen-bond acceptors (Lipinski definition) is 2. The monoisotopic (exact) mass is 156 g/mol. The molecule has 0 aliphatic heterocycles. The lowest BCUT2D eigenvalue weighted by Crippen LogP contribution is -2.41. The number of aliphatic hydroxyl groups excluding tert-OH is 1. The van der Waals surface area contributed by atoms with Crippen molar-refractivity contribution < 1.29 is 9.90 Å². The average Bonchev–Trinajstić information content (AvgIpc) is 1.95. The van der Waals surface area contributed by atoms with E-state index in [0.717, 1.165) is 12.8 Å². The fraction of sp³-hybridized carbons (Fsp3) is 0.889. The van der Waals surface area contributed by atoms with E-state index in [0.29, 0.717) is 0 Å². The fourth-order valence-electron chi connectivity index (χ4n) is 1.67. The van der Waals surface area contributed by atoms with Crippen LogP contribution in [0.2, 0.25) is 0 Å². The molecule has 0 bridgehead atoms. The molecule has 1 fully saturated rings. The van der Waals surface area contributed by atoms with Crippen LogP contribution >= 0.6 is 0 Å². The first-order chi connectivity index (χ1) is 4.95. The molecule has 1 saturated carbocycles. The third-order valence-electron chi connectivity index (χ3n) is 2.72. The zero-order valence-corrected chi connectivity index (χ0v) is 7.42. The van der Waals surface area contributed by atoms with Crippen LogP contribution in [0, 0.1) is 11.3 Å². The largest absolute Gasteiger partial charge is 0.392 e. The van der Waals surface area contributed by atoms with Gasteiger partial charge in [0.25, 0.3) is 0 Å². The van der Waals surface area contributed by atoms with Crippen molar-refractivity contribution in [1.29, 1.82) is 0 Å². The van der Waals surface area contributed by atoms with E-state index in [-0.39, 0.29) is 17.1 Å². The molecule has 0 aromatic heterocycles. The van der Waals surface area contributed by atoms with E-state index in [1.54, 1.807) is 0 Å². The Morgan fingerprint density at radius 2 is 2.09 bits per heavy atom. The standard InChI is InChI=1S/C9H16O2/c1-6-7(10)4-5-9(2,3)8(6)11/h6-7,10H,4-5H2,1-3H3/t6-,7+/m1/s1. The lowest BCUT2D eigenvalue weighted by atomic mass is 9.70. The van der Waals surface area contributed by atoms with Crippen LogP contribution < -0.4 is 0 Å². The van der Waals surface area contributed by atoms with Gasteiger partial charge >= 0.3 is 0 Å². The fourth-order valence-corrected chi connectivity index (χ4v) is 1.67. The molecular formula is C9H16O2. The SMILES string of the molecule is C[C@H]1C(=O)C(C)(C)CC[C@@H]1O. The Balaban J connectivity index is 2.76. The maximum atomic E-state index is 11.5. The lowest BCUT2D eigenvalue weighted by Gasteiger charge is -2.35. The third-order valence-corrected chi connectivity index (χ3v) is 2.72. The number of aliphatic hydroxyl groups is 1. The van der Waals surface area contributed by atoms with Gasteiger partial charge in [0.2, 0.25) is 0 Å². The van der Waals surface area contributed by atoms with Gasteiger partial charge in [0, 0.05) is 11.3 Å². The summed E-state index contributed by atoms with van der Waals surface area (Å²) in [5.41, 5.74) is -0.210. The summed E-state index contributed by atoms with van der Waals surface area (Å²) in [6.45, 7) is 5.73. The Labute approximate surface area is 67.6 Å². The number of carbonyl (C=O) groups is 1. The second-order valence-electron chi connectivity index (χ2n) is 4.14. The molecule has 0 amide bonds. The molecule has 0 heterocycles. The number of hydrogen-bond donors (Lipinski definition) is 1. The van der Waals surface area contributed by atoms with Gasteiger partial charge in [0.1, 0.15) is 5.78 Å². The van der Waals surface area contributed by atoms with Crippen LogP contribution in [-0.2, 0) is 4.79 Å². The maximum Gasteiger partial charge on any atom is 0.143 e. The molecule has 0 radical (unpaired) electrons. The van der Waals surface area contributed by atoms with Crippen LogP contribution in [0.4, 0.5) is 0 Å². The second kappa shape index (κ2) is 2.59. The summed E-state index contributed by atoms with van der Waals surface area (Å²) in [6, 6.07) is 0. The van der Waals surface area contributed by atoms with Crippen LogP contribution in [0.15, 0.2) is 0 Å². The van der Waals surface area contributed by atoms with Gasteiger partial charge in [-0.1, -0.05) is 20.8 Å². The van der Waals surface area contributed by atoms with Crippen molar-refractivity contribution in [1.82, 2.24) is 0 Å². The molecule has 64 valence electrons. The van der Waals surface area contributed by atoms with E-state index in [2.05, 4.69) is 0 Å². The summed E-state index contributed by atoms with van der Waals surface area (Å²) in [5.74, 6) is 0.0370. The molecule has 1 aliphatic carbocycles. The smallest absolute Gasteiger partial charge is 0.143 e. The topological polar surface area (TPSA) is 37.3 Å². The van der Waals surface area contributed by atoms with Crippen molar-refractivity contribution in [2.24, 2.45) is 11.3 Å². The van der Waals surface area contributed by atoms with E-state index in [9.17, 15) is 9.90 Å². The van der Waals surface area contributed by atoms with E-state index < -0.39 is 6.10 Å². The number of carbonyl (C=O) groups excluding carboxylic acids is 1. The molecule has 1 aliphatic rings. The van der Waals surface area contributed by atoms with E-state index in [1.165, 1.54) is 0 Å². The maximum absolute atomic E-state index is 11.5. The predicted octanol–water partition coefficient (Wildman–Crippen LogP) is 1.37. The molecule has 0 unspecified atom stereocenters. The Kier molecular flexibility index (Phi) is 2.06. The summed E-state index contributed by atoms with van der Waals surface area (Å²) in [6.07, 6.45) is 1.17. The summed E-state index contributed by atoms with van der Waals surface area (Å²) in [5, 5.41) is 9.36. The van der Waals surface area contributed by atoms with E-state index in [1.807, 2.05) is 20.8 Å². The van der Waals surface area contributed by atoms with Crippen molar-refractivity contribution in [3.8, 4) is 0 Å². The van der Waals surface area contributed by atoms with Gasteiger partial charge in [-0.2, -0.15) is 0 Å². The van der Waals surface area contributed by atoms with Crippen LogP contribution in [-0.4, -0.2) is 17.0 Å². The summed E-state index contributed by atoms with van der Waals surface area (Å²) in [7, 11) is 0. The van der Waals surface area contributed by atoms with Crippen LogP contribution in [0.5, 0.6) is 0 Å². The minimum atomic E-state index is -0.407. The molecule has 1 rings (SSSR count). The number of rotatable bonds is 0. The van der Waals surface area contributed by atoms with E-state index >= 15 is 0 Å². The van der Waals surface area contributed by atoms with Gasteiger partial charge < -0.3 is 5.11 Å². The molecule has 2 nitrogen and oxygen atoms in total. The van der Waals surface area contributed by atoms with Crippen LogP contribution in [0.1, 0.15) is 33.6 Å². The Morgan fingerprint density at radius 1 is 1.55 bits per heavy atom. The quantitative estimate of drug-likeness (QED) is 0.575. The van der Waals surface area contributed by atoms with E-state index in [4.69, 9.17) is 0 Å². The molecule has 11 heavy (non-hydrogen) atoms. The van der Waals surface area contributed by atoms with Gasteiger partial charge in [0.15, 0.2) is 0 Å². The molecule has 2 heteroatoms. The minimum absolute atomic E-state index is 0.168. The van der Waals surface area contributed by atoms with Gasteiger partial charge in [-0.15, -0.1) is 0 Å². The van der Waals surface area contributed by atoms with Crippen LogP contribution in [0.3, 0.4) is 0 Å². The van der Waals surface area contributed by atoms with Crippen molar-refractivity contribution in [3.63, 3.8) is 0 Å². The highest BCUT2D eigenvalue weighted by Gasteiger charge is 2.39. The van der Waals surface area contributed by atoms with Crippen molar-refractivity contribution in [2.75, 3.05) is 0 Å². The van der Waals surface area contributed by atoms with Crippen molar-refractivity contribution in [2.45, 2.75) is 39.7 Å².